The lowest BCUT2D eigenvalue weighted by molar-refractivity contribution is -0.144. The first kappa shape index (κ1) is 41.1. The Morgan fingerprint density at radius 1 is 0.400 bits per heavy atom. The third-order valence-electron chi connectivity index (χ3n) is 9.49. The number of carbonyl (C=O) groups excluding carboxylic acids is 2. The summed E-state index contributed by atoms with van der Waals surface area (Å²) in [6, 6.07) is 17.1. The standard InChI is InChI=1S/C44H66O6/c1-3-47-41(45)33-21-17-13-9-5-7-11-15-19-27-35-49-43-37-29-23-25-31-39(37)44(40-32-26-24-30-38(40)43)50-36-28-20-16-12-8-6-10-14-18-22-34-42(46)48-4-2/h23-26,29-32H,3-22,27-28,33-36H2,1-2H3. The van der Waals surface area contributed by atoms with Crippen LogP contribution in [0.2, 0.25) is 0 Å². The summed E-state index contributed by atoms with van der Waals surface area (Å²) >= 11 is 0. The molecule has 0 aliphatic carbocycles. The molecule has 6 heteroatoms. The normalized spacial score (nSPS) is 11.2. The Balaban J connectivity index is 1.32. The number of unbranched alkanes of at least 4 members (excludes halogenated alkanes) is 18. The van der Waals surface area contributed by atoms with Crippen LogP contribution in [0.3, 0.4) is 0 Å². The molecule has 0 radical (unpaired) electrons. The fourth-order valence-corrected chi connectivity index (χ4v) is 6.75. The smallest absolute Gasteiger partial charge is 0.305 e. The van der Waals surface area contributed by atoms with Crippen LogP contribution in [0.1, 0.15) is 155 Å². The van der Waals surface area contributed by atoms with E-state index in [1.165, 1.54) is 89.9 Å². The van der Waals surface area contributed by atoms with E-state index in [1.54, 1.807) is 0 Å². The molecule has 0 spiro atoms. The maximum atomic E-state index is 11.4. The predicted molar refractivity (Wildman–Crippen MR) is 207 cm³/mol. The van der Waals surface area contributed by atoms with Crippen LogP contribution < -0.4 is 9.47 Å². The second kappa shape index (κ2) is 26.5. The molecule has 0 saturated carbocycles. The Labute approximate surface area is 303 Å². The summed E-state index contributed by atoms with van der Waals surface area (Å²) in [5, 5.41) is 4.52. The number of hydrogen-bond donors (Lipinski definition) is 0. The van der Waals surface area contributed by atoms with Crippen LogP contribution in [-0.4, -0.2) is 38.4 Å². The van der Waals surface area contributed by atoms with Gasteiger partial charge >= 0.3 is 11.9 Å². The minimum Gasteiger partial charge on any atom is -0.492 e. The molecule has 3 rings (SSSR count). The molecule has 0 aliphatic heterocycles. The van der Waals surface area contributed by atoms with Gasteiger partial charge in [-0.3, -0.25) is 9.59 Å². The highest BCUT2D eigenvalue weighted by molar-refractivity contribution is 6.11. The third kappa shape index (κ3) is 16.2. The average molecular weight is 691 g/mol. The lowest BCUT2D eigenvalue weighted by atomic mass is 10.0. The summed E-state index contributed by atoms with van der Waals surface area (Å²) in [6.45, 7) is 6.13. The molecule has 0 unspecified atom stereocenters. The fourth-order valence-electron chi connectivity index (χ4n) is 6.75. The van der Waals surface area contributed by atoms with E-state index in [1.807, 2.05) is 13.8 Å². The minimum absolute atomic E-state index is 0.0583. The van der Waals surface area contributed by atoms with Gasteiger partial charge in [0.1, 0.15) is 11.5 Å². The largest absolute Gasteiger partial charge is 0.492 e. The first-order chi connectivity index (χ1) is 24.7. The Morgan fingerprint density at radius 3 is 0.940 bits per heavy atom. The van der Waals surface area contributed by atoms with Crippen molar-refractivity contribution < 1.29 is 28.5 Å². The molecule has 0 aromatic heterocycles. The van der Waals surface area contributed by atoms with E-state index in [0.717, 1.165) is 84.8 Å². The second-order valence-electron chi connectivity index (χ2n) is 13.6. The van der Waals surface area contributed by atoms with Crippen molar-refractivity contribution in [1.82, 2.24) is 0 Å². The van der Waals surface area contributed by atoms with Crippen LogP contribution in [-0.2, 0) is 19.1 Å². The van der Waals surface area contributed by atoms with E-state index in [4.69, 9.17) is 18.9 Å². The zero-order valence-corrected chi connectivity index (χ0v) is 31.5. The van der Waals surface area contributed by atoms with Gasteiger partial charge in [0.05, 0.1) is 26.4 Å². The number of hydrogen-bond acceptors (Lipinski definition) is 6. The maximum absolute atomic E-state index is 11.4. The molecular formula is C44H66O6. The molecule has 3 aromatic rings. The van der Waals surface area contributed by atoms with E-state index >= 15 is 0 Å². The average Bonchev–Trinajstić information content (AvgIpc) is 3.12. The van der Waals surface area contributed by atoms with E-state index in [9.17, 15) is 9.59 Å². The number of carbonyl (C=O) groups is 2. The molecule has 278 valence electrons. The summed E-state index contributed by atoms with van der Waals surface area (Å²) in [5.41, 5.74) is 0. The van der Waals surface area contributed by atoms with Gasteiger partial charge in [-0.25, -0.2) is 0 Å². The fraction of sp³-hybridized carbons (Fsp3) is 0.636. The SMILES string of the molecule is CCOC(=O)CCCCCCCCCCCCOc1c2ccccc2c(OCCCCCCCCCCCCC(=O)OCC)c2ccccc12. The van der Waals surface area contributed by atoms with E-state index in [0.29, 0.717) is 26.1 Å². The molecule has 3 aromatic carbocycles. The summed E-state index contributed by atoms with van der Waals surface area (Å²) in [6.07, 6.45) is 24.9. The minimum atomic E-state index is -0.0583. The van der Waals surface area contributed by atoms with Crippen molar-refractivity contribution in [1.29, 1.82) is 0 Å². The summed E-state index contributed by atoms with van der Waals surface area (Å²) < 4.78 is 23.1. The molecular weight excluding hydrogens is 624 g/mol. The molecule has 0 saturated heterocycles. The molecule has 0 atom stereocenters. The first-order valence-corrected chi connectivity index (χ1v) is 20.2. The van der Waals surface area contributed by atoms with Crippen molar-refractivity contribution in [2.45, 2.75) is 155 Å². The van der Waals surface area contributed by atoms with Crippen LogP contribution >= 0.6 is 0 Å². The van der Waals surface area contributed by atoms with E-state index in [-0.39, 0.29) is 11.9 Å². The quantitative estimate of drug-likeness (QED) is 0.0394. The summed E-state index contributed by atoms with van der Waals surface area (Å²) in [7, 11) is 0. The van der Waals surface area contributed by atoms with Gasteiger partial charge < -0.3 is 18.9 Å². The van der Waals surface area contributed by atoms with E-state index in [2.05, 4.69) is 48.5 Å². The summed E-state index contributed by atoms with van der Waals surface area (Å²) in [5.74, 6) is 1.84. The highest BCUT2D eigenvalue weighted by Crippen LogP contribution is 2.42. The van der Waals surface area contributed by atoms with Crippen molar-refractivity contribution in [3.63, 3.8) is 0 Å². The maximum Gasteiger partial charge on any atom is 0.305 e. The molecule has 0 amide bonds. The highest BCUT2D eigenvalue weighted by atomic mass is 16.5. The Kier molecular flexibility index (Phi) is 21.8. The number of rotatable bonds is 30. The second-order valence-corrected chi connectivity index (χ2v) is 13.6. The summed E-state index contributed by atoms with van der Waals surface area (Å²) in [4.78, 5) is 22.8. The Hall–Kier alpha value is -3.28. The molecule has 0 N–H and O–H groups in total. The lowest BCUT2D eigenvalue weighted by Gasteiger charge is -2.18. The third-order valence-corrected chi connectivity index (χ3v) is 9.49. The lowest BCUT2D eigenvalue weighted by Crippen LogP contribution is -2.03. The zero-order chi connectivity index (χ0) is 35.5. The van der Waals surface area contributed by atoms with Crippen molar-refractivity contribution in [2.75, 3.05) is 26.4 Å². The van der Waals surface area contributed by atoms with Crippen molar-refractivity contribution in [2.24, 2.45) is 0 Å². The van der Waals surface area contributed by atoms with Gasteiger partial charge in [0.15, 0.2) is 0 Å². The Bertz CT molecular complexity index is 1190. The van der Waals surface area contributed by atoms with Gasteiger partial charge in [0.25, 0.3) is 0 Å². The van der Waals surface area contributed by atoms with E-state index < -0.39 is 0 Å². The van der Waals surface area contributed by atoms with Crippen molar-refractivity contribution in [3.05, 3.63) is 48.5 Å². The molecule has 6 nitrogen and oxygen atoms in total. The topological polar surface area (TPSA) is 71.1 Å². The number of fused-ring (bicyclic) bond motifs is 2. The zero-order valence-electron chi connectivity index (χ0n) is 31.5. The van der Waals surface area contributed by atoms with Gasteiger partial charge in [0.2, 0.25) is 0 Å². The van der Waals surface area contributed by atoms with Crippen LogP contribution in [0.4, 0.5) is 0 Å². The van der Waals surface area contributed by atoms with Crippen molar-refractivity contribution in [3.8, 4) is 11.5 Å². The monoisotopic (exact) mass is 690 g/mol. The van der Waals surface area contributed by atoms with Gasteiger partial charge in [-0.1, -0.05) is 151 Å². The number of benzene rings is 3. The van der Waals surface area contributed by atoms with Gasteiger partial charge in [-0.15, -0.1) is 0 Å². The van der Waals surface area contributed by atoms with Crippen LogP contribution in [0.5, 0.6) is 11.5 Å². The Morgan fingerprint density at radius 2 is 0.660 bits per heavy atom. The highest BCUT2D eigenvalue weighted by Gasteiger charge is 2.16. The first-order valence-electron chi connectivity index (χ1n) is 20.2. The molecule has 50 heavy (non-hydrogen) atoms. The van der Waals surface area contributed by atoms with Crippen molar-refractivity contribution >= 4 is 33.5 Å². The molecule has 0 heterocycles. The van der Waals surface area contributed by atoms with Crippen LogP contribution in [0.15, 0.2) is 48.5 Å². The predicted octanol–water partition coefficient (Wildman–Crippen LogP) is 12.5. The molecule has 0 fully saturated rings. The van der Waals surface area contributed by atoms with Crippen LogP contribution in [0, 0.1) is 0 Å². The number of ether oxygens (including phenoxy) is 4. The van der Waals surface area contributed by atoms with Gasteiger partial charge in [-0.05, 0) is 39.5 Å². The van der Waals surface area contributed by atoms with Crippen LogP contribution in [0.25, 0.3) is 21.5 Å². The van der Waals surface area contributed by atoms with Gasteiger partial charge in [0, 0.05) is 34.4 Å². The molecule has 0 bridgehead atoms. The molecule has 0 aliphatic rings. The van der Waals surface area contributed by atoms with Gasteiger partial charge in [-0.2, -0.15) is 0 Å². The number of esters is 2.